The molecule has 2 N–H and O–H groups in total. The lowest BCUT2D eigenvalue weighted by molar-refractivity contribution is 0.0961. The SMILES string of the molecule is CC(=O)c1ccc(C(C)(C)C)nc1.CC(C)(C)c1ccc(CS(C)(=O)=O)cn1.CC(C)(C)c1ccc(O)cn1.CCOc1ccc(C(C)(C)C)nc1.CNC(=O)c1ccc(C(C)(C)C)nc1.COc1ccc(C(C)(C)C)cn1.COc1ccccc1C(C)(C)C.Cc1ccc(C(C)(C)C)nc1.Cc1ccc(C(C)(C)C)nc1.Cc1ccc(C(C)(C)C)nc1.Cc1cccc(C(C)(C)C)n1.Cc1cccc(C(C)(C)C)n1. The van der Waals surface area contributed by atoms with Crippen molar-refractivity contribution in [3.63, 3.8) is 0 Å². The van der Waals surface area contributed by atoms with Crippen LogP contribution in [0, 0.1) is 34.6 Å². The lowest BCUT2D eigenvalue weighted by Gasteiger charge is -2.21. The highest BCUT2D eigenvalue weighted by atomic mass is 32.2. The molecule has 12 rings (SSSR count). The molecule has 0 aliphatic carbocycles. The number of carbonyl (C=O) groups excluding carboxylic acids is 2. The Morgan fingerprint density at radius 1 is 0.324 bits per heavy atom. The normalized spacial score (nSPS) is 11.6. The molecule has 0 atom stereocenters. The van der Waals surface area contributed by atoms with Crippen molar-refractivity contribution < 1.29 is 37.3 Å². The molecule has 20 nitrogen and oxygen atoms in total. The van der Waals surface area contributed by atoms with Gasteiger partial charge in [0.1, 0.15) is 17.2 Å². The zero-order valence-corrected chi connectivity index (χ0v) is 98.7. The third-order valence-corrected chi connectivity index (χ3v) is 22.3. The number of benzene rings is 1. The summed E-state index contributed by atoms with van der Waals surface area (Å²) in [6.45, 7) is 91.6. The largest absolute Gasteiger partial charge is 0.506 e. The van der Waals surface area contributed by atoms with Crippen LogP contribution in [0.4, 0.5) is 0 Å². The van der Waals surface area contributed by atoms with Crippen LogP contribution < -0.4 is 19.5 Å². The second kappa shape index (κ2) is 57.9. The first-order valence-corrected chi connectivity index (χ1v) is 52.1. The van der Waals surface area contributed by atoms with Crippen molar-refractivity contribution in [1.82, 2.24) is 60.1 Å². The predicted molar refractivity (Wildman–Crippen MR) is 609 cm³/mol. The van der Waals surface area contributed by atoms with Crippen molar-refractivity contribution >= 4 is 21.5 Å². The molecule has 12 aromatic rings. The first-order chi connectivity index (χ1) is 66.2. The van der Waals surface area contributed by atoms with E-state index in [1.807, 2.05) is 137 Å². The number of methoxy groups -OCH3 is 2. The molecule has 11 aromatic heterocycles. The molecule has 21 heteroatoms. The molecule has 0 aliphatic heterocycles. The Labute approximate surface area is 877 Å². The summed E-state index contributed by atoms with van der Waals surface area (Å²) in [6, 6.07) is 55.6. The molecule has 0 bridgehead atoms. The second-order valence-electron chi connectivity index (χ2n) is 48.6. The summed E-state index contributed by atoms with van der Waals surface area (Å²) in [6.07, 6.45) is 17.0. The summed E-state index contributed by atoms with van der Waals surface area (Å²) >= 11 is 0. The monoisotopic (exact) mass is 2000 g/mol. The van der Waals surface area contributed by atoms with Crippen LogP contribution in [0.5, 0.6) is 23.1 Å². The first-order valence-electron chi connectivity index (χ1n) is 50.0. The molecule has 0 radical (unpaired) electrons. The van der Waals surface area contributed by atoms with Gasteiger partial charge in [0.25, 0.3) is 5.91 Å². The number of ketones is 1. The van der Waals surface area contributed by atoms with E-state index in [1.54, 1.807) is 65.1 Å². The molecule has 0 spiro atoms. The van der Waals surface area contributed by atoms with Crippen molar-refractivity contribution in [1.29, 1.82) is 0 Å². The first kappa shape index (κ1) is 131. The van der Waals surface area contributed by atoms with E-state index in [0.29, 0.717) is 23.6 Å². The van der Waals surface area contributed by atoms with E-state index < -0.39 is 9.84 Å². The average Bonchev–Trinajstić information content (AvgIpc) is 0.833. The number of nitrogens with one attached hydrogen (secondary N) is 1. The van der Waals surface area contributed by atoms with Crippen LogP contribution >= 0.6 is 0 Å². The highest BCUT2D eigenvalue weighted by molar-refractivity contribution is 7.89. The molecular weight excluding hydrogens is 1820 g/mol. The van der Waals surface area contributed by atoms with Gasteiger partial charge in [0.15, 0.2) is 15.6 Å². The number of para-hydroxylation sites is 1. The Bertz CT molecular complexity index is 5570. The number of rotatable bonds is 8. The van der Waals surface area contributed by atoms with Crippen molar-refractivity contribution in [3.8, 4) is 23.1 Å². The van der Waals surface area contributed by atoms with Crippen LogP contribution in [0.15, 0.2) is 226 Å². The number of amides is 1. The van der Waals surface area contributed by atoms with E-state index >= 15 is 0 Å². The van der Waals surface area contributed by atoms with E-state index in [-0.39, 0.29) is 88.2 Å². The smallest absolute Gasteiger partial charge is 0.252 e. The minimum absolute atomic E-state index is 0.00359. The summed E-state index contributed by atoms with van der Waals surface area (Å²) in [7, 11) is 1.98. The number of nitrogens with zero attached hydrogens (tertiary/aromatic N) is 11. The van der Waals surface area contributed by atoms with Crippen LogP contribution in [0.1, 0.15) is 386 Å². The number of ether oxygens (including phenoxy) is 3. The number of aromatic hydroxyl groups is 1. The topological polar surface area (TPSA) is 270 Å². The van der Waals surface area contributed by atoms with Gasteiger partial charge in [0.2, 0.25) is 5.88 Å². The summed E-state index contributed by atoms with van der Waals surface area (Å²) < 4.78 is 37.7. The van der Waals surface area contributed by atoms with Gasteiger partial charge in [-0.15, -0.1) is 0 Å². The highest BCUT2D eigenvalue weighted by Crippen LogP contribution is 2.33. The maximum absolute atomic E-state index is 11.2. The van der Waals surface area contributed by atoms with Crippen molar-refractivity contribution in [2.24, 2.45) is 0 Å². The minimum atomic E-state index is -2.97. The Hall–Kier alpha value is -11.8. The van der Waals surface area contributed by atoms with Crippen molar-refractivity contribution in [2.75, 3.05) is 34.1 Å². The Morgan fingerprint density at radius 3 is 0.890 bits per heavy atom. The fraction of sp³-hybridized carbons (Fsp3) is 0.492. The zero-order chi connectivity index (χ0) is 112. The van der Waals surface area contributed by atoms with E-state index in [2.05, 4.69) is 397 Å². The fourth-order valence-corrected chi connectivity index (χ4v) is 13.0. The molecule has 0 unspecified atom stereocenters. The number of hydrogen-bond acceptors (Lipinski definition) is 19. The molecule has 794 valence electrons. The number of aryl methyl sites for hydroxylation is 5. The van der Waals surface area contributed by atoms with Gasteiger partial charge >= 0.3 is 0 Å². The lowest BCUT2D eigenvalue weighted by atomic mass is 9.86. The number of aromatic nitrogens is 11. The van der Waals surface area contributed by atoms with Gasteiger partial charge in [-0.05, 0) is 196 Å². The van der Waals surface area contributed by atoms with Gasteiger partial charge in [0.05, 0.1) is 44.5 Å². The number of hydrogen-bond donors (Lipinski definition) is 2. The lowest BCUT2D eigenvalue weighted by Crippen LogP contribution is -2.19. The fourth-order valence-electron chi connectivity index (χ4n) is 12.2. The average molecular weight is 2000 g/mol. The summed E-state index contributed by atoms with van der Waals surface area (Å²) in [5, 5.41) is 11.5. The van der Waals surface area contributed by atoms with Crippen LogP contribution in [0.2, 0.25) is 0 Å². The summed E-state index contributed by atoms with van der Waals surface area (Å²) in [4.78, 5) is 69.5. The highest BCUT2D eigenvalue weighted by Gasteiger charge is 2.24. The molecule has 145 heavy (non-hydrogen) atoms. The molecule has 0 aliphatic rings. The second-order valence-corrected chi connectivity index (χ2v) is 50.8. The van der Waals surface area contributed by atoms with Crippen molar-refractivity contribution in [2.45, 2.75) is 368 Å². The molecule has 0 saturated heterocycles. The molecule has 0 fully saturated rings. The minimum Gasteiger partial charge on any atom is -0.506 e. The molecule has 1 aromatic carbocycles. The van der Waals surface area contributed by atoms with Gasteiger partial charge in [0, 0.05) is 191 Å². The maximum Gasteiger partial charge on any atom is 0.252 e. The molecular formula is C124H184N12O8S. The zero-order valence-electron chi connectivity index (χ0n) is 97.9. The van der Waals surface area contributed by atoms with Gasteiger partial charge in [-0.2, -0.15) is 0 Å². The maximum atomic E-state index is 11.2. The van der Waals surface area contributed by atoms with Gasteiger partial charge in [-0.1, -0.05) is 310 Å². The Kier molecular flexibility index (Phi) is 52.4. The van der Waals surface area contributed by atoms with Gasteiger partial charge in [-0.3, -0.25) is 59.4 Å². The molecule has 11 heterocycles. The summed E-state index contributed by atoms with van der Waals surface area (Å²) in [5.41, 5.74) is 22.7. The van der Waals surface area contributed by atoms with Gasteiger partial charge in [-0.25, -0.2) is 13.4 Å². The summed E-state index contributed by atoms with van der Waals surface area (Å²) in [5.74, 6) is 2.73. The van der Waals surface area contributed by atoms with Crippen molar-refractivity contribution in [3.05, 3.63) is 338 Å². The van der Waals surface area contributed by atoms with Crippen LogP contribution in [-0.2, 0) is 80.6 Å². The van der Waals surface area contributed by atoms with E-state index in [1.165, 1.54) is 40.3 Å². The van der Waals surface area contributed by atoms with E-state index in [0.717, 1.165) is 85.4 Å². The van der Waals surface area contributed by atoms with Crippen LogP contribution in [-0.4, -0.2) is 114 Å². The van der Waals surface area contributed by atoms with E-state index in [9.17, 15) is 18.0 Å². The number of carbonyl (C=O) groups is 2. The van der Waals surface area contributed by atoms with E-state index in [4.69, 9.17) is 19.3 Å². The quantitative estimate of drug-likeness (QED) is 0.134. The Balaban J connectivity index is 0.000000792. The Morgan fingerprint density at radius 2 is 0.655 bits per heavy atom. The van der Waals surface area contributed by atoms with Gasteiger partial charge < -0.3 is 24.6 Å². The van der Waals surface area contributed by atoms with Crippen LogP contribution in [0.3, 0.4) is 0 Å². The predicted octanol–water partition coefficient (Wildman–Crippen LogP) is 29.9. The third kappa shape index (κ3) is 54.2. The molecule has 0 saturated carbocycles. The third-order valence-electron chi connectivity index (χ3n) is 21.4. The standard InChI is InChI=1S/C11H16N2O.C11H17NO2S.C11H15NO.C11H17NO.C11H16O.C10H15NO.5C10H15N.C9H13NO/c1-11(2,3)9-6-5-8(7-13-9)10(14)12-4;1-11(2,3)10-6-5-9(7-12-10)8-15(4,13)14;1-8(13)9-5-6-10(12-7-9)11(2,3)4;1-5-13-9-6-7-10(12-8-9)11(2,3)4;1-11(2,3)9-7-5-6-8-10(9)12-4;1-10(2,3)8-5-6-9(12-4)11-7-8;3*1-8-5-6-9(11-7-8)10(2,3)4;2*1-8-6-5-7-9(11-8)10(2,3)4;1-9(2,3)8-5-4-7(11)6-10-8/h5-7H,1-4H3,(H,12,14);5-7H,8H2,1-4H3;5-7H,1-4H3;6-8H,5H2,1-4H3;5-8H,1-4H3;5-7H,1-4H3;5*5-7H,1-4H3;4-6,11H,1-3H3. The molecule has 1 amide bonds. The number of Topliss-reactive ketones (excluding diaryl/α,β-unsaturated/α-hetero) is 1. The number of sulfone groups is 1. The van der Waals surface area contributed by atoms with Crippen LogP contribution in [0.25, 0.3) is 0 Å². The number of pyridine rings is 11.